The molecule has 0 unspecified atom stereocenters. The predicted molar refractivity (Wildman–Crippen MR) is 62.5 cm³/mol. The van der Waals surface area contributed by atoms with E-state index in [0.29, 0.717) is 4.90 Å². The van der Waals surface area contributed by atoms with Gasteiger partial charge >= 0.3 is 0 Å². The largest absolute Gasteiger partial charge is 0.248 e. The lowest BCUT2D eigenvalue weighted by molar-refractivity contribution is -0.755. The van der Waals surface area contributed by atoms with Gasteiger partial charge in [0.25, 0.3) is 0 Å². The van der Waals surface area contributed by atoms with Crippen molar-refractivity contribution in [3.63, 3.8) is 0 Å². The number of sulfonamides is 1. The van der Waals surface area contributed by atoms with Gasteiger partial charge in [0.1, 0.15) is 4.90 Å². The highest BCUT2D eigenvalue weighted by atomic mass is 32.2. The van der Waals surface area contributed by atoms with Gasteiger partial charge in [-0.25, -0.2) is 12.7 Å². The van der Waals surface area contributed by atoms with Crippen molar-refractivity contribution in [2.45, 2.75) is 31.2 Å². The molecule has 1 rings (SSSR count). The average Bonchev–Trinajstić information content (AvgIpc) is 2.16. The van der Waals surface area contributed by atoms with E-state index in [1.165, 1.54) is 18.4 Å². The van der Waals surface area contributed by atoms with Gasteiger partial charge in [-0.2, -0.15) is 4.57 Å². The molecule has 5 heteroatoms. The van der Waals surface area contributed by atoms with E-state index in [-0.39, 0.29) is 5.54 Å². The van der Waals surface area contributed by atoms with E-state index in [1.54, 1.807) is 18.3 Å². The van der Waals surface area contributed by atoms with Crippen molar-refractivity contribution in [2.75, 3.05) is 14.1 Å². The highest BCUT2D eigenvalue weighted by Gasteiger charge is 2.25. The number of aromatic nitrogens is 1. The highest BCUT2D eigenvalue weighted by Crippen LogP contribution is 2.12. The molecule has 1 aromatic rings. The third kappa shape index (κ3) is 2.59. The molecule has 0 amide bonds. The third-order valence-corrected chi connectivity index (χ3v) is 4.13. The third-order valence-electron chi connectivity index (χ3n) is 2.33. The molecule has 16 heavy (non-hydrogen) atoms. The summed E-state index contributed by atoms with van der Waals surface area (Å²) >= 11 is 0. The first-order valence-corrected chi connectivity index (χ1v) is 6.54. The van der Waals surface area contributed by atoms with E-state index >= 15 is 0 Å². The minimum Gasteiger partial charge on any atom is -0.207 e. The lowest BCUT2D eigenvalue weighted by Crippen LogP contribution is -2.50. The van der Waals surface area contributed by atoms with Crippen molar-refractivity contribution in [2.24, 2.45) is 0 Å². The van der Waals surface area contributed by atoms with Gasteiger partial charge in [0.2, 0.25) is 10.0 Å². The Bertz CT molecular complexity index is 473. The molecule has 0 aliphatic heterocycles. The second-order valence-electron chi connectivity index (χ2n) is 4.91. The van der Waals surface area contributed by atoms with Crippen molar-refractivity contribution >= 4 is 10.0 Å². The number of hydrogen-bond acceptors (Lipinski definition) is 2. The van der Waals surface area contributed by atoms with Crippen LogP contribution in [-0.2, 0) is 15.6 Å². The van der Waals surface area contributed by atoms with Crippen LogP contribution in [0.4, 0.5) is 0 Å². The summed E-state index contributed by atoms with van der Waals surface area (Å²) in [6, 6.07) is 3.36. The van der Waals surface area contributed by atoms with Crippen LogP contribution >= 0.6 is 0 Å². The van der Waals surface area contributed by atoms with Crippen LogP contribution in [0, 0.1) is 0 Å². The molecule has 1 aromatic heterocycles. The Balaban J connectivity index is 3.30. The molecule has 0 saturated carbocycles. The molecule has 0 saturated heterocycles. The first kappa shape index (κ1) is 13.1. The molecule has 0 aliphatic rings. The zero-order chi connectivity index (χ0) is 12.6. The maximum Gasteiger partial charge on any atom is 0.248 e. The van der Waals surface area contributed by atoms with E-state index in [0.717, 1.165) is 0 Å². The second-order valence-corrected chi connectivity index (χ2v) is 7.06. The first-order chi connectivity index (χ1) is 7.15. The Hall–Kier alpha value is -0.940. The van der Waals surface area contributed by atoms with Crippen molar-refractivity contribution in [1.82, 2.24) is 4.31 Å². The van der Waals surface area contributed by atoms with Crippen LogP contribution in [0.3, 0.4) is 0 Å². The van der Waals surface area contributed by atoms with Crippen LogP contribution in [0.5, 0.6) is 0 Å². The highest BCUT2D eigenvalue weighted by molar-refractivity contribution is 7.89. The maximum absolute atomic E-state index is 11.9. The van der Waals surface area contributed by atoms with Crippen LogP contribution in [0.25, 0.3) is 0 Å². The minimum atomic E-state index is -3.35. The summed E-state index contributed by atoms with van der Waals surface area (Å²) in [5.74, 6) is 0. The summed E-state index contributed by atoms with van der Waals surface area (Å²) in [5, 5.41) is 0. The number of hydrogen-bond donors (Lipinski definition) is 0. The number of rotatable bonds is 2. The first-order valence-electron chi connectivity index (χ1n) is 5.10. The lowest BCUT2D eigenvalue weighted by Gasteiger charge is -2.15. The molecule has 0 N–H and O–H groups in total. The smallest absolute Gasteiger partial charge is 0.207 e. The summed E-state index contributed by atoms with van der Waals surface area (Å²) in [6.07, 6.45) is 3.53. The fourth-order valence-corrected chi connectivity index (χ4v) is 2.15. The fourth-order valence-electron chi connectivity index (χ4n) is 1.23. The molecule has 0 radical (unpaired) electrons. The monoisotopic (exact) mass is 243 g/mol. The van der Waals surface area contributed by atoms with Gasteiger partial charge in [0, 0.05) is 40.9 Å². The molecule has 0 fully saturated rings. The maximum atomic E-state index is 11.9. The van der Waals surface area contributed by atoms with Gasteiger partial charge in [0.05, 0.1) is 0 Å². The van der Waals surface area contributed by atoms with Crippen LogP contribution in [-0.4, -0.2) is 26.8 Å². The van der Waals surface area contributed by atoms with Gasteiger partial charge < -0.3 is 0 Å². The topological polar surface area (TPSA) is 41.3 Å². The summed E-state index contributed by atoms with van der Waals surface area (Å²) in [6.45, 7) is 6.08. The van der Waals surface area contributed by atoms with Crippen molar-refractivity contribution in [3.05, 3.63) is 24.5 Å². The lowest BCUT2D eigenvalue weighted by atomic mass is 10.1. The normalized spacial score (nSPS) is 13.1. The van der Waals surface area contributed by atoms with Gasteiger partial charge in [-0.3, -0.25) is 0 Å². The second kappa shape index (κ2) is 4.14. The Morgan fingerprint density at radius 3 is 2.25 bits per heavy atom. The van der Waals surface area contributed by atoms with Crippen LogP contribution in [0.15, 0.2) is 29.4 Å². The molecule has 0 aliphatic carbocycles. The van der Waals surface area contributed by atoms with Gasteiger partial charge in [-0.1, -0.05) is 0 Å². The molecule has 0 aromatic carbocycles. The predicted octanol–water partition coefficient (Wildman–Crippen LogP) is 0.979. The molecule has 1 heterocycles. The summed E-state index contributed by atoms with van der Waals surface area (Å²) in [7, 11) is -0.284. The zero-order valence-corrected chi connectivity index (χ0v) is 11.2. The Labute approximate surface area is 97.6 Å². The van der Waals surface area contributed by atoms with E-state index < -0.39 is 10.0 Å². The fraction of sp³-hybridized carbons (Fsp3) is 0.545. The van der Waals surface area contributed by atoms with E-state index in [4.69, 9.17) is 0 Å². The quantitative estimate of drug-likeness (QED) is 0.727. The molecule has 4 nitrogen and oxygen atoms in total. The summed E-state index contributed by atoms with van der Waals surface area (Å²) < 4.78 is 27.0. The molecular weight excluding hydrogens is 224 g/mol. The van der Waals surface area contributed by atoms with Crippen molar-refractivity contribution in [1.29, 1.82) is 0 Å². The summed E-state index contributed by atoms with van der Waals surface area (Å²) in [4.78, 5) is 0.315. The SMILES string of the molecule is CN(C)S(=O)(=O)c1ccc[n+](C(C)(C)C)c1. The van der Waals surface area contributed by atoms with E-state index in [2.05, 4.69) is 0 Å². The summed E-state index contributed by atoms with van der Waals surface area (Å²) in [5.41, 5.74) is -0.127. The molecule has 90 valence electrons. The number of nitrogens with zero attached hydrogens (tertiary/aromatic N) is 2. The minimum absolute atomic E-state index is 0.127. The van der Waals surface area contributed by atoms with Crippen molar-refractivity contribution in [3.8, 4) is 0 Å². The zero-order valence-electron chi connectivity index (χ0n) is 10.4. The van der Waals surface area contributed by atoms with E-state index in [1.807, 2.05) is 31.5 Å². The standard InChI is InChI=1S/C11H19N2O2S/c1-11(2,3)13-8-6-7-10(9-13)16(14,15)12(4)5/h6-9H,1-5H3/q+1. The van der Waals surface area contributed by atoms with Gasteiger partial charge in [0.15, 0.2) is 17.9 Å². The van der Waals surface area contributed by atoms with Gasteiger partial charge in [-0.15, -0.1) is 0 Å². The average molecular weight is 243 g/mol. The van der Waals surface area contributed by atoms with E-state index in [9.17, 15) is 8.42 Å². The molecular formula is C11H19N2O2S+. The van der Waals surface area contributed by atoms with Gasteiger partial charge in [-0.05, 0) is 6.07 Å². The van der Waals surface area contributed by atoms with Crippen LogP contribution < -0.4 is 4.57 Å². The molecule has 0 bridgehead atoms. The molecule has 0 spiro atoms. The van der Waals surface area contributed by atoms with Crippen LogP contribution in [0.2, 0.25) is 0 Å². The molecule has 0 atom stereocenters. The number of pyridine rings is 1. The van der Waals surface area contributed by atoms with Crippen LogP contribution in [0.1, 0.15) is 20.8 Å². The Kier molecular flexibility index (Phi) is 3.40. The Morgan fingerprint density at radius 2 is 1.81 bits per heavy atom. The Morgan fingerprint density at radius 1 is 1.25 bits per heavy atom. The van der Waals surface area contributed by atoms with Crippen molar-refractivity contribution < 1.29 is 13.0 Å².